The van der Waals surface area contributed by atoms with Gasteiger partial charge in [-0.05, 0) is 48.6 Å². The van der Waals surface area contributed by atoms with Crippen LogP contribution in [0.3, 0.4) is 0 Å². The van der Waals surface area contributed by atoms with Crippen LogP contribution in [0.25, 0.3) is 0 Å². The Morgan fingerprint density at radius 3 is 2.69 bits per heavy atom. The van der Waals surface area contributed by atoms with E-state index in [1.165, 1.54) is 5.56 Å². The van der Waals surface area contributed by atoms with Gasteiger partial charge in [0.2, 0.25) is 5.91 Å². The standard InChI is InChI=1S/C20H23N5O/c1-23-14-16(13-22-23)18-11-19(18)20(26)25-8-2-7-24(9-10-25)17-5-3-15(12-21)4-6-17/h3-6,13-14,18-19H,2,7-11H2,1H3/t18-,19+/m1/s1. The van der Waals surface area contributed by atoms with Gasteiger partial charge in [-0.2, -0.15) is 10.4 Å². The molecule has 2 heterocycles. The van der Waals surface area contributed by atoms with Gasteiger partial charge in [-0.1, -0.05) is 0 Å². The van der Waals surface area contributed by atoms with Crippen molar-refractivity contribution in [3.63, 3.8) is 0 Å². The second kappa shape index (κ2) is 6.83. The molecule has 4 rings (SSSR count). The first-order valence-corrected chi connectivity index (χ1v) is 9.18. The number of rotatable bonds is 3. The van der Waals surface area contributed by atoms with Gasteiger partial charge in [0, 0.05) is 51.0 Å². The quantitative estimate of drug-likeness (QED) is 0.851. The zero-order valence-corrected chi connectivity index (χ0v) is 15.0. The molecule has 6 heteroatoms. The zero-order chi connectivity index (χ0) is 18.1. The fourth-order valence-corrected chi connectivity index (χ4v) is 3.85. The Morgan fingerprint density at radius 1 is 1.19 bits per heavy atom. The largest absolute Gasteiger partial charge is 0.370 e. The van der Waals surface area contributed by atoms with Crippen LogP contribution >= 0.6 is 0 Å². The van der Waals surface area contributed by atoms with E-state index in [4.69, 9.17) is 5.26 Å². The number of benzene rings is 1. The van der Waals surface area contributed by atoms with Gasteiger partial charge in [0.25, 0.3) is 0 Å². The van der Waals surface area contributed by atoms with Gasteiger partial charge in [-0.25, -0.2) is 0 Å². The minimum Gasteiger partial charge on any atom is -0.370 e. The lowest BCUT2D eigenvalue weighted by Gasteiger charge is -2.24. The van der Waals surface area contributed by atoms with Gasteiger partial charge < -0.3 is 9.80 Å². The average Bonchev–Trinajstić information content (AvgIpc) is 3.41. The monoisotopic (exact) mass is 349 g/mol. The number of nitriles is 1. The highest BCUT2D eigenvalue weighted by Gasteiger charge is 2.46. The van der Waals surface area contributed by atoms with Gasteiger partial charge in [-0.3, -0.25) is 9.48 Å². The predicted molar refractivity (Wildman–Crippen MR) is 98.6 cm³/mol. The van der Waals surface area contributed by atoms with Crippen LogP contribution in [-0.2, 0) is 11.8 Å². The molecule has 1 amide bonds. The van der Waals surface area contributed by atoms with E-state index in [2.05, 4.69) is 16.1 Å². The molecule has 0 N–H and O–H groups in total. The molecule has 26 heavy (non-hydrogen) atoms. The molecular formula is C20H23N5O. The first kappa shape index (κ1) is 16.6. The number of amides is 1. The van der Waals surface area contributed by atoms with Gasteiger partial charge >= 0.3 is 0 Å². The van der Waals surface area contributed by atoms with E-state index < -0.39 is 0 Å². The van der Waals surface area contributed by atoms with Crippen molar-refractivity contribution in [1.82, 2.24) is 14.7 Å². The van der Waals surface area contributed by atoms with Crippen molar-refractivity contribution < 1.29 is 4.79 Å². The average molecular weight is 349 g/mol. The molecule has 1 saturated carbocycles. The second-order valence-corrected chi connectivity index (χ2v) is 7.22. The van der Waals surface area contributed by atoms with Gasteiger partial charge in [-0.15, -0.1) is 0 Å². The number of hydrogen-bond donors (Lipinski definition) is 0. The zero-order valence-electron chi connectivity index (χ0n) is 15.0. The summed E-state index contributed by atoms with van der Waals surface area (Å²) in [7, 11) is 1.91. The Bertz CT molecular complexity index is 835. The molecule has 2 aromatic rings. The van der Waals surface area contributed by atoms with Crippen molar-refractivity contribution in [3.8, 4) is 6.07 Å². The first-order valence-electron chi connectivity index (χ1n) is 9.18. The third-order valence-corrected chi connectivity index (χ3v) is 5.43. The van der Waals surface area contributed by atoms with E-state index in [1.54, 1.807) is 4.68 Å². The molecule has 6 nitrogen and oxygen atoms in total. The van der Waals surface area contributed by atoms with Crippen LogP contribution in [0.4, 0.5) is 5.69 Å². The molecule has 1 aromatic carbocycles. The van der Waals surface area contributed by atoms with Crippen molar-refractivity contribution in [2.75, 3.05) is 31.1 Å². The minimum absolute atomic E-state index is 0.126. The third-order valence-electron chi connectivity index (χ3n) is 5.43. The van der Waals surface area contributed by atoms with Crippen LogP contribution in [0, 0.1) is 17.2 Å². The van der Waals surface area contributed by atoms with E-state index in [1.807, 2.05) is 48.6 Å². The van der Waals surface area contributed by atoms with Crippen molar-refractivity contribution >= 4 is 11.6 Å². The van der Waals surface area contributed by atoms with E-state index >= 15 is 0 Å². The number of nitrogens with zero attached hydrogens (tertiary/aromatic N) is 5. The molecule has 0 unspecified atom stereocenters. The fourth-order valence-electron chi connectivity index (χ4n) is 3.85. The molecule has 1 saturated heterocycles. The number of carbonyl (C=O) groups is 1. The number of hydrogen-bond acceptors (Lipinski definition) is 4. The molecule has 134 valence electrons. The van der Waals surface area contributed by atoms with Crippen LogP contribution in [-0.4, -0.2) is 46.8 Å². The highest BCUT2D eigenvalue weighted by atomic mass is 16.2. The van der Waals surface area contributed by atoms with Crippen molar-refractivity contribution in [2.24, 2.45) is 13.0 Å². The molecule has 2 fully saturated rings. The molecule has 1 aliphatic carbocycles. The minimum atomic E-state index is 0.126. The molecule has 2 aliphatic rings. The van der Waals surface area contributed by atoms with Crippen LogP contribution in [0.1, 0.15) is 29.9 Å². The summed E-state index contributed by atoms with van der Waals surface area (Å²) < 4.78 is 1.80. The summed E-state index contributed by atoms with van der Waals surface area (Å²) in [5.74, 6) is 0.760. The Balaban J connectivity index is 1.36. The normalized spacial score (nSPS) is 22.6. The molecule has 0 spiro atoms. The molecule has 1 aliphatic heterocycles. The van der Waals surface area contributed by atoms with Crippen LogP contribution in [0.5, 0.6) is 0 Å². The highest BCUT2D eigenvalue weighted by Crippen LogP contribution is 2.48. The molecule has 2 atom stereocenters. The molecule has 1 aromatic heterocycles. The smallest absolute Gasteiger partial charge is 0.226 e. The van der Waals surface area contributed by atoms with Gasteiger partial charge in [0.15, 0.2) is 0 Å². The maximum Gasteiger partial charge on any atom is 0.226 e. The van der Waals surface area contributed by atoms with E-state index in [0.29, 0.717) is 17.4 Å². The number of aryl methyl sites for hydroxylation is 1. The Morgan fingerprint density at radius 2 is 2.00 bits per heavy atom. The third kappa shape index (κ3) is 3.30. The first-order chi connectivity index (χ1) is 12.7. The summed E-state index contributed by atoms with van der Waals surface area (Å²) in [5, 5.41) is 13.1. The Labute approximate surface area is 153 Å². The highest BCUT2D eigenvalue weighted by molar-refractivity contribution is 5.83. The van der Waals surface area contributed by atoms with Crippen molar-refractivity contribution in [3.05, 3.63) is 47.8 Å². The van der Waals surface area contributed by atoms with Crippen molar-refractivity contribution in [1.29, 1.82) is 5.26 Å². The summed E-state index contributed by atoms with van der Waals surface area (Å²) in [6.45, 7) is 3.35. The van der Waals surface area contributed by atoms with Crippen LogP contribution in [0.15, 0.2) is 36.7 Å². The number of carbonyl (C=O) groups excluding carboxylic acids is 1. The lowest BCUT2D eigenvalue weighted by atomic mass is 10.2. The van der Waals surface area contributed by atoms with Crippen LogP contribution in [0.2, 0.25) is 0 Å². The van der Waals surface area contributed by atoms with E-state index in [9.17, 15) is 4.79 Å². The van der Waals surface area contributed by atoms with Crippen LogP contribution < -0.4 is 4.90 Å². The van der Waals surface area contributed by atoms with E-state index in [0.717, 1.165) is 44.7 Å². The van der Waals surface area contributed by atoms with Gasteiger partial charge in [0.05, 0.1) is 17.8 Å². The summed E-state index contributed by atoms with van der Waals surface area (Å²) in [5.41, 5.74) is 2.98. The summed E-state index contributed by atoms with van der Waals surface area (Å²) >= 11 is 0. The molecular weight excluding hydrogens is 326 g/mol. The molecule has 0 radical (unpaired) electrons. The SMILES string of the molecule is Cn1cc([C@H]2C[C@@H]2C(=O)N2CCCN(c3ccc(C#N)cc3)CC2)cn1. The maximum absolute atomic E-state index is 12.9. The number of aromatic nitrogens is 2. The summed E-state index contributed by atoms with van der Waals surface area (Å²) in [4.78, 5) is 17.2. The summed E-state index contributed by atoms with van der Waals surface area (Å²) in [6, 6.07) is 9.85. The molecule has 0 bridgehead atoms. The Kier molecular flexibility index (Phi) is 4.37. The predicted octanol–water partition coefficient (Wildman–Crippen LogP) is 2.13. The lowest BCUT2D eigenvalue weighted by molar-refractivity contribution is -0.132. The maximum atomic E-state index is 12.9. The van der Waals surface area contributed by atoms with Gasteiger partial charge in [0.1, 0.15) is 0 Å². The van der Waals surface area contributed by atoms with E-state index in [-0.39, 0.29) is 5.92 Å². The van der Waals surface area contributed by atoms with Crippen molar-refractivity contribution in [2.45, 2.75) is 18.8 Å². The topological polar surface area (TPSA) is 65.2 Å². The Hall–Kier alpha value is -2.81. The fraction of sp³-hybridized carbons (Fsp3) is 0.450. The number of anilines is 1. The summed E-state index contributed by atoms with van der Waals surface area (Å²) in [6.07, 6.45) is 5.82. The second-order valence-electron chi connectivity index (χ2n) is 7.22. The lowest BCUT2D eigenvalue weighted by Crippen LogP contribution is -2.36.